The summed E-state index contributed by atoms with van der Waals surface area (Å²) in [6.07, 6.45) is -2.51. The summed E-state index contributed by atoms with van der Waals surface area (Å²) in [5, 5.41) is 4.11. The number of hydrogen-bond acceptors (Lipinski definition) is 6. The Balaban J connectivity index is 1.30. The van der Waals surface area contributed by atoms with E-state index >= 15 is 0 Å². The Morgan fingerprint density at radius 3 is 2.75 bits per heavy atom. The molecule has 28 heavy (non-hydrogen) atoms. The van der Waals surface area contributed by atoms with E-state index in [2.05, 4.69) is 32.0 Å². The topological polar surface area (TPSA) is 44.3 Å². The van der Waals surface area contributed by atoms with Crippen LogP contribution in [-0.2, 0) is 6.42 Å². The van der Waals surface area contributed by atoms with Gasteiger partial charge in [-0.2, -0.15) is 13.2 Å². The Labute approximate surface area is 165 Å². The minimum atomic E-state index is -4.20. The molecule has 9 heteroatoms. The third-order valence-electron chi connectivity index (χ3n) is 6.62. The van der Waals surface area contributed by atoms with E-state index in [1.807, 2.05) is 0 Å². The molecule has 3 aliphatic rings. The summed E-state index contributed by atoms with van der Waals surface area (Å²) >= 11 is 1.12. The minimum Gasteiger partial charge on any atom is -0.355 e. The molecule has 5 nitrogen and oxygen atoms in total. The molecule has 152 valence electrons. The highest BCUT2D eigenvalue weighted by molar-refractivity contribution is 7.18. The first-order valence-electron chi connectivity index (χ1n) is 9.82. The van der Waals surface area contributed by atoms with Gasteiger partial charge in [0.25, 0.3) is 0 Å². The number of fused-ring (bicyclic) bond motifs is 1. The van der Waals surface area contributed by atoms with Crippen molar-refractivity contribution in [1.82, 2.24) is 20.2 Å². The summed E-state index contributed by atoms with van der Waals surface area (Å²) in [4.78, 5) is 14.4. The highest BCUT2D eigenvalue weighted by Crippen LogP contribution is 2.44. The van der Waals surface area contributed by atoms with Crippen LogP contribution in [0.2, 0.25) is 0 Å². The number of aromatic nitrogens is 2. The van der Waals surface area contributed by atoms with Crippen LogP contribution in [-0.4, -0.2) is 66.4 Å². The Bertz CT molecular complexity index is 872. The molecule has 1 N–H and O–H groups in total. The van der Waals surface area contributed by atoms with Gasteiger partial charge in [-0.3, -0.25) is 4.90 Å². The highest BCUT2D eigenvalue weighted by Gasteiger charge is 2.50. The van der Waals surface area contributed by atoms with Gasteiger partial charge < -0.3 is 10.2 Å². The Morgan fingerprint density at radius 2 is 2.07 bits per heavy atom. The van der Waals surface area contributed by atoms with Crippen molar-refractivity contribution in [3.05, 3.63) is 17.3 Å². The minimum absolute atomic E-state index is 0.299. The number of thiophene rings is 1. The number of likely N-dealkylation sites (tertiary alicyclic amines) is 1. The summed E-state index contributed by atoms with van der Waals surface area (Å²) in [6.45, 7) is 8.62. The van der Waals surface area contributed by atoms with Crippen molar-refractivity contribution >= 4 is 27.4 Å². The quantitative estimate of drug-likeness (QED) is 0.838. The fraction of sp³-hybridized carbons (Fsp3) is 0.684. The molecular formula is C19H24F3N5S. The van der Waals surface area contributed by atoms with Crippen molar-refractivity contribution in [2.24, 2.45) is 11.3 Å². The highest BCUT2D eigenvalue weighted by atomic mass is 32.1. The van der Waals surface area contributed by atoms with E-state index < -0.39 is 12.6 Å². The number of rotatable bonds is 4. The van der Waals surface area contributed by atoms with E-state index in [-0.39, 0.29) is 0 Å². The monoisotopic (exact) mass is 411 g/mol. The molecule has 0 bridgehead atoms. The lowest BCUT2D eigenvalue weighted by Gasteiger charge is -2.53. The van der Waals surface area contributed by atoms with Gasteiger partial charge in [0.05, 0.1) is 11.8 Å². The van der Waals surface area contributed by atoms with E-state index in [0.29, 0.717) is 21.2 Å². The molecule has 1 spiro atoms. The van der Waals surface area contributed by atoms with Crippen molar-refractivity contribution < 1.29 is 13.2 Å². The van der Waals surface area contributed by atoms with Crippen molar-refractivity contribution in [2.75, 3.05) is 44.2 Å². The number of anilines is 1. The normalized spacial score (nSPS) is 23.9. The fourth-order valence-electron chi connectivity index (χ4n) is 4.86. The summed E-state index contributed by atoms with van der Waals surface area (Å²) in [6, 6.07) is 2.25. The van der Waals surface area contributed by atoms with Gasteiger partial charge in [-0.1, -0.05) is 0 Å². The van der Waals surface area contributed by atoms with Gasteiger partial charge in [-0.05, 0) is 25.3 Å². The summed E-state index contributed by atoms with van der Waals surface area (Å²) < 4.78 is 38.3. The van der Waals surface area contributed by atoms with Gasteiger partial charge in [-0.25, -0.2) is 9.97 Å². The lowest BCUT2D eigenvalue weighted by Crippen LogP contribution is -2.64. The van der Waals surface area contributed by atoms with Crippen LogP contribution in [0.4, 0.5) is 19.0 Å². The van der Waals surface area contributed by atoms with Crippen LogP contribution in [0.15, 0.2) is 12.4 Å². The van der Waals surface area contributed by atoms with Gasteiger partial charge in [-0.15, -0.1) is 11.3 Å². The second-order valence-electron chi connectivity index (χ2n) is 8.66. The molecule has 0 radical (unpaired) electrons. The molecule has 0 aromatic carbocycles. The molecule has 2 aromatic rings. The van der Waals surface area contributed by atoms with Crippen LogP contribution in [0.1, 0.15) is 18.2 Å². The first-order chi connectivity index (χ1) is 13.3. The molecule has 3 aliphatic heterocycles. The smallest absolute Gasteiger partial charge is 0.355 e. The maximum absolute atomic E-state index is 12.8. The van der Waals surface area contributed by atoms with Crippen LogP contribution in [0.3, 0.4) is 0 Å². The molecule has 3 fully saturated rings. The molecule has 1 atom stereocenters. The van der Waals surface area contributed by atoms with Crippen LogP contribution in [0, 0.1) is 11.3 Å². The van der Waals surface area contributed by atoms with Crippen LogP contribution < -0.4 is 10.2 Å². The molecule has 0 saturated carbocycles. The molecule has 0 aliphatic carbocycles. The maximum Gasteiger partial charge on any atom is 0.393 e. The average molecular weight is 411 g/mol. The molecule has 0 unspecified atom stereocenters. The largest absolute Gasteiger partial charge is 0.393 e. The zero-order valence-electron chi connectivity index (χ0n) is 15.8. The van der Waals surface area contributed by atoms with Crippen molar-refractivity contribution in [3.8, 4) is 0 Å². The van der Waals surface area contributed by atoms with Crippen molar-refractivity contribution in [2.45, 2.75) is 32.0 Å². The Morgan fingerprint density at radius 1 is 1.29 bits per heavy atom. The van der Waals surface area contributed by atoms with E-state index in [0.717, 1.165) is 74.1 Å². The third-order valence-corrected chi connectivity index (χ3v) is 7.66. The average Bonchev–Trinajstić information content (AvgIpc) is 3.12. The number of alkyl halides is 3. The number of nitrogens with one attached hydrogen (secondary N) is 1. The Hall–Kier alpha value is -1.45. The predicted molar refractivity (Wildman–Crippen MR) is 104 cm³/mol. The first kappa shape index (κ1) is 18.6. The second-order valence-corrected chi connectivity index (χ2v) is 9.77. The van der Waals surface area contributed by atoms with E-state index in [4.69, 9.17) is 0 Å². The summed E-state index contributed by atoms with van der Waals surface area (Å²) in [5.74, 6) is 1.55. The SMILES string of the molecule is C[C@H](C1CNC1)N1CC2(CCN(c3ncnc4sc(CC(F)(F)F)cc34)C2)C1. The lowest BCUT2D eigenvalue weighted by molar-refractivity contribution is -0.126. The van der Waals surface area contributed by atoms with E-state index in [9.17, 15) is 13.2 Å². The van der Waals surface area contributed by atoms with E-state index in [1.54, 1.807) is 6.07 Å². The molecule has 5 heterocycles. The molecule has 0 amide bonds. The van der Waals surface area contributed by atoms with Crippen LogP contribution >= 0.6 is 11.3 Å². The van der Waals surface area contributed by atoms with Gasteiger partial charge in [0.2, 0.25) is 0 Å². The number of hydrogen-bond donors (Lipinski definition) is 1. The molecule has 5 rings (SSSR count). The predicted octanol–water partition coefficient (Wildman–Crippen LogP) is 2.92. The number of nitrogens with zero attached hydrogens (tertiary/aromatic N) is 4. The maximum atomic E-state index is 12.8. The standard InChI is InChI=1S/C19H24F3N5S/c1-12(13-6-23-7-13)27-9-18(10-27)2-3-26(8-18)16-15-4-14(5-19(20,21)22)28-17(15)25-11-24-16/h4,11-13,23H,2-3,5-10H2,1H3/t12-/m1/s1. The van der Waals surface area contributed by atoms with E-state index in [1.165, 1.54) is 6.33 Å². The Kier molecular flexibility index (Phi) is 4.33. The molecule has 2 aromatic heterocycles. The molecule has 3 saturated heterocycles. The lowest BCUT2D eigenvalue weighted by atomic mass is 9.76. The van der Waals surface area contributed by atoms with Crippen molar-refractivity contribution in [1.29, 1.82) is 0 Å². The second kappa shape index (κ2) is 6.53. The van der Waals surface area contributed by atoms with Gasteiger partial charge in [0, 0.05) is 55.6 Å². The molecular weight excluding hydrogens is 387 g/mol. The van der Waals surface area contributed by atoms with Gasteiger partial charge >= 0.3 is 6.18 Å². The van der Waals surface area contributed by atoms with Crippen LogP contribution in [0.25, 0.3) is 10.2 Å². The third kappa shape index (κ3) is 3.27. The van der Waals surface area contributed by atoms with Gasteiger partial charge in [0.1, 0.15) is 17.0 Å². The van der Waals surface area contributed by atoms with Crippen molar-refractivity contribution in [3.63, 3.8) is 0 Å². The van der Waals surface area contributed by atoms with Gasteiger partial charge in [0.15, 0.2) is 0 Å². The zero-order valence-corrected chi connectivity index (χ0v) is 16.6. The number of halogens is 3. The zero-order chi connectivity index (χ0) is 19.5. The summed E-state index contributed by atoms with van der Waals surface area (Å²) in [7, 11) is 0. The summed E-state index contributed by atoms with van der Waals surface area (Å²) in [5.41, 5.74) is 0.299. The fourth-order valence-corrected chi connectivity index (χ4v) is 5.88. The first-order valence-corrected chi connectivity index (χ1v) is 10.6. The van der Waals surface area contributed by atoms with Crippen LogP contribution in [0.5, 0.6) is 0 Å².